The van der Waals surface area contributed by atoms with E-state index in [4.69, 9.17) is 16.7 Å². The maximum atomic E-state index is 12.8. The first-order valence-corrected chi connectivity index (χ1v) is 10.6. The standard InChI is InChI=1S/C23H21ClN6O/c1-15-22(26-28-29(15)18-10-5-7-16(24)13-18)23(31)25-14-20-19-11-6-12-21(19)30(27-20)17-8-3-2-4-9-17/h2-5,7-10,13H,6,11-12,14H2,1H3,(H,25,31). The molecule has 0 saturated carbocycles. The van der Waals surface area contributed by atoms with Crippen LogP contribution in [0.4, 0.5) is 0 Å². The molecule has 0 spiro atoms. The highest BCUT2D eigenvalue weighted by Crippen LogP contribution is 2.27. The Kier molecular flexibility index (Phi) is 5.03. The molecule has 0 saturated heterocycles. The molecule has 0 unspecified atom stereocenters. The Morgan fingerprint density at radius 2 is 1.87 bits per heavy atom. The van der Waals surface area contributed by atoms with E-state index in [0.717, 1.165) is 36.3 Å². The van der Waals surface area contributed by atoms with Crippen molar-refractivity contribution in [2.24, 2.45) is 0 Å². The third-order valence-electron chi connectivity index (χ3n) is 5.59. The van der Waals surface area contributed by atoms with Gasteiger partial charge in [0.05, 0.1) is 29.3 Å². The lowest BCUT2D eigenvalue weighted by Crippen LogP contribution is -2.25. The minimum atomic E-state index is -0.271. The number of nitrogens with one attached hydrogen (secondary N) is 1. The summed E-state index contributed by atoms with van der Waals surface area (Å²) in [5, 5.41) is 16.6. The number of carbonyl (C=O) groups is 1. The lowest BCUT2D eigenvalue weighted by molar-refractivity contribution is 0.0944. The number of amides is 1. The van der Waals surface area contributed by atoms with Gasteiger partial charge in [0, 0.05) is 10.7 Å². The van der Waals surface area contributed by atoms with Crippen LogP contribution in [0.5, 0.6) is 0 Å². The highest BCUT2D eigenvalue weighted by atomic mass is 35.5. The first kappa shape index (κ1) is 19.5. The predicted molar refractivity (Wildman–Crippen MR) is 118 cm³/mol. The molecule has 4 aromatic rings. The van der Waals surface area contributed by atoms with Crippen molar-refractivity contribution >= 4 is 17.5 Å². The summed E-state index contributed by atoms with van der Waals surface area (Å²) in [6, 6.07) is 17.4. The lowest BCUT2D eigenvalue weighted by Gasteiger charge is -2.06. The maximum absolute atomic E-state index is 12.8. The smallest absolute Gasteiger partial charge is 0.274 e. The number of benzene rings is 2. The fourth-order valence-corrected chi connectivity index (χ4v) is 4.26. The van der Waals surface area contributed by atoms with Crippen LogP contribution in [0.1, 0.15) is 39.6 Å². The minimum Gasteiger partial charge on any atom is -0.345 e. The van der Waals surface area contributed by atoms with Gasteiger partial charge >= 0.3 is 0 Å². The number of halogens is 1. The van der Waals surface area contributed by atoms with Crippen LogP contribution in [-0.2, 0) is 19.4 Å². The fourth-order valence-electron chi connectivity index (χ4n) is 4.08. The zero-order valence-electron chi connectivity index (χ0n) is 17.0. The molecule has 2 heterocycles. The third-order valence-corrected chi connectivity index (χ3v) is 5.83. The van der Waals surface area contributed by atoms with Crippen molar-refractivity contribution in [3.8, 4) is 11.4 Å². The highest BCUT2D eigenvalue weighted by Gasteiger charge is 2.24. The van der Waals surface area contributed by atoms with E-state index < -0.39 is 0 Å². The maximum Gasteiger partial charge on any atom is 0.274 e. The van der Waals surface area contributed by atoms with Gasteiger partial charge < -0.3 is 5.32 Å². The second kappa shape index (κ2) is 8.00. The first-order chi connectivity index (χ1) is 15.1. The van der Waals surface area contributed by atoms with Crippen molar-refractivity contribution < 1.29 is 4.79 Å². The largest absolute Gasteiger partial charge is 0.345 e. The van der Waals surface area contributed by atoms with Crippen LogP contribution >= 0.6 is 11.6 Å². The number of hydrogen-bond acceptors (Lipinski definition) is 4. The zero-order chi connectivity index (χ0) is 21.4. The summed E-state index contributed by atoms with van der Waals surface area (Å²) in [5.41, 5.74) is 6.13. The number of nitrogens with zero attached hydrogens (tertiary/aromatic N) is 5. The van der Waals surface area contributed by atoms with E-state index in [1.54, 1.807) is 16.8 Å². The highest BCUT2D eigenvalue weighted by molar-refractivity contribution is 6.30. The van der Waals surface area contributed by atoms with Gasteiger partial charge in [-0.05, 0) is 62.1 Å². The van der Waals surface area contributed by atoms with Gasteiger partial charge in [-0.3, -0.25) is 4.79 Å². The molecule has 1 amide bonds. The summed E-state index contributed by atoms with van der Waals surface area (Å²) in [6.07, 6.45) is 3.09. The van der Waals surface area contributed by atoms with Crippen LogP contribution < -0.4 is 5.32 Å². The van der Waals surface area contributed by atoms with Crippen molar-refractivity contribution in [1.82, 2.24) is 30.1 Å². The molecule has 5 rings (SSSR count). The van der Waals surface area contributed by atoms with Gasteiger partial charge in [-0.25, -0.2) is 9.36 Å². The van der Waals surface area contributed by atoms with Gasteiger partial charge in [-0.15, -0.1) is 5.10 Å². The Labute approximate surface area is 184 Å². The summed E-state index contributed by atoms with van der Waals surface area (Å²) in [6.45, 7) is 2.17. The van der Waals surface area contributed by atoms with Gasteiger partial charge in [0.2, 0.25) is 0 Å². The number of fused-ring (bicyclic) bond motifs is 1. The van der Waals surface area contributed by atoms with Gasteiger partial charge in [-0.2, -0.15) is 5.10 Å². The number of aromatic nitrogens is 5. The monoisotopic (exact) mass is 432 g/mol. The molecule has 1 aliphatic carbocycles. The van der Waals surface area contributed by atoms with Crippen molar-refractivity contribution in [3.63, 3.8) is 0 Å². The van der Waals surface area contributed by atoms with E-state index in [9.17, 15) is 4.79 Å². The summed E-state index contributed by atoms with van der Waals surface area (Å²) < 4.78 is 3.62. The van der Waals surface area contributed by atoms with Gasteiger partial charge in [0.15, 0.2) is 5.69 Å². The van der Waals surface area contributed by atoms with Gasteiger partial charge in [-0.1, -0.05) is 41.1 Å². The average Bonchev–Trinajstić information content (AvgIpc) is 3.48. The second-order valence-corrected chi connectivity index (χ2v) is 8.01. The van der Waals surface area contributed by atoms with Gasteiger partial charge in [0.1, 0.15) is 0 Å². The van der Waals surface area contributed by atoms with Crippen molar-refractivity contribution in [2.45, 2.75) is 32.7 Å². The molecule has 2 aromatic heterocycles. The van der Waals surface area contributed by atoms with Crippen LogP contribution in [0.3, 0.4) is 0 Å². The van der Waals surface area contributed by atoms with E-state index in [-0.39, 0.29) is 5.91 Å². The minimum absolute atomic E-state index is 0.271. The molecule has 156 valence electrons. The molecule has 1 N–H and O–H groups in total. The SMILES string of the molecule is Cc1c(C(=O)NCc2nn(-c3ccccc3)c3c2CCC3)nnn1-c1cccc(Cl)c1. The number of carbonyl (C=O) groups excluding carboxylic acids is 1. The Balaban J connectivity index is 1.36. The van der Waals surface area contributed by atoms with Crippen molar-refractivity contribution in [3.05, 3.63) is 88.0 Å². The fraction of sp³-hybridized carbons (Fsp3) is 0.217. The quantitative estimate of drug-likeness (QED) is 0.520. The molecule has 0 bridgehead atoms. The molecule has 7 nitrogen and oxygen atoms in total. The van der Waals surface area contributed by atoms with Crippen LogP contribution in [0.25, 0.3) is 11.4 Å². The Hall–Kier alpha value is -3.45. The number of para-hydroxylation sites is 1. The summed E-state index contributed by atoms with van der Waals surface area (Å²) >= 11 is 6.08. The average molecular weight is 433 g/mol. The predicted octanol–water partition coefficient (Wildman–Crippen LogP) is 3.83. The summed E-state index contributed by atoms with van der Waals surface area (Å²) in [7, 11) is 0. The number of rotatable bonds is 5. The molecular weight excluding hydrogens is 412 g/mol. The summed E-state index contributed by atoms with van der Waals surface area (Å²) in [5.74, 6) is -0.271. The molecule has 1 aliphatic rings. The van der Waals surface area contributed by atoms with Crippen LogP contribution in [0, 0.1) is 6.92 Å². The third kappa shape index (κ3) is 3.61. The Morgan fingerprint density at radius 1 is 1.06 bits per heavy atom. The van der Waals surface area contributed by atoms with E-state index >= 15 is 0 Å². The van der Waals surface area contributed by atoms with Crippen LogP contribution in [-0.4, -0.2) is 30.7 Å². The van der Waals surface area contributed by atoms with Crippen molar-refractivity contribution in [2.75, 3.05) is 0 Å². The molecule has 0 fully saturated rings. The van der Waals surface area contributed by atoms with Crippen LogP contribution in [0.2, 0.25) is 5.02 Å². The summed E-state index contributed by atoms with van der Waals surface area (Å²) in [4.78, 5) is 12.8. The van der Waals surface area contributed by atoms with Gasteiger partial charge in [0.25, 0.3) is 5.91 Å². The van der Waals surface area contributed by atoms with Crippen LogP contribution in [0.15, 0.2) is 54.6 Å². The molecule has 0 radical (unpaired) electrons. The Bertz CT molecular complexity index is 1260. The number of hydrogen-bond donors (Lipinski definition) is 1. The molecule has 0 atom stereocenters. The second-order valence-electron chi connectivity index (χ2n) is 7.57. The normalized spacial score (nSPS) is 12.7. The first-order valence-electron chi connectivity index (χ1n) is 10.2. The van der Waals surface area contributed by atoms with E-state index in [1.807, 2.05) is 54.1 Å². The molecule has 31 heavy (non-hydrogen) atoms. The van der Waals surface area contributed by atoms with E-state index in [0.29, 0.717) is 23.0 Å². The molecule has 0 aliphatic heterocycles. The Morgan fingerprint density at radius 3 is 2.68 bits per heavy atom. The topological polar surface area (TPSA) is 77.6 Å². The van der Waals surface area contributed by atoms with Crippen molar-refractivity contribution in [1.29, 1.82) is 0 Å². The molecule has 8 heteroatoms. The molecular formula is C23H21ClN6O. The zero-order valence-corrected chi connectivity index (χ0v) is 17.8. The van der Waals surface area contributed by atoms with E-state index in [1.165, 1.54) is 11.3 Å². The lowest BCUT2D eigenvalue weighted by atomic mass is 10.2. The molecule has 2 aromatic carbocycles. The van der Waals surface area contributed by atoms with E-state index in [2.05, 4.69) is 15.6 Å².